The summed E-state index contributed by atoms with van der Waals surface area (Å²) in [5, 5.41) is -0.134. The van der Waals surface area contributed by atoms with Crippen LogP contribution in [-0.4, -0.2) is 49.5 Å². The van der Waals surface area contributed by atoms with Crippen LogP contribution in [0.3, 0.4) is 0 Å². The van der Waals surface area contributed by atoms with E-state index in [-0.39, 0.29) is 24.1 Å². The van der Waals surface area contributed by atoms with Gasteiger partial charge in [-0.25, -0.2) is 4.79 Å². The van der Waals surface area contributed by atoms with Gasteiger partial charge in [-0.15, -0.1) is 11.8 Å². The number of thioether (sulfide) groups is 1. The second kappa shape index (κ2) is 6.73. The topological polar surface area (TPSA) is 54.0 Å². The van der Waals surface area contributed by atoms with E-state index in [0.29, 0.717) is 0 Å². The lowest BCUT2D eigenvalue weighted by molar-refractivity contribution is -0.227. The molecule has 1 aromatic carbocycles. The smallest absolute Gasteiger partial charge is 0.340 e. The Bertz CT molecular complexity index is 753. The van der Waals surface area contributed by atoms with Gasteiger partial charge in [0.25, 0.3) is 0 Å². The Kier molecular flexibility index (Phi) is 4.85. The number of ether oxygens (including phenoxy) is 4. The highest BCUT2D eigenvalue weighted by molar-refractivity contribution is 8.00. The molecule has 1 saturated heterocycles. The molecule has 0 N–H and O–H groups in total. The molecule has 154 valence electrons. The molecule has 4 rings (SSSR count). The third-order valence-electron chi connectivity index (χ3n) is 7.66. The predicted octanol–water partition coefficient (Wildman–Crippen LogP) is 4.05. The number of benzene rings is 1. The van der Waals surface area contributed by atoms with Gasteiger partial charge in [-0.2, -0.15) is 0 Å². The molecule has 5 atom stereocenters. The zero-order valence-electron chi connectivity index (χ0n) is 17.3. The first-order chi connectivity index (χ1) is 13.3. The first-order valence-electron chi connectivity index (χ1n) is 9.92. The normalized spacial score (nSPS) is 41.0. The molecular formula is C22H30O5S. The molecule has 0 aromatic heterocycles. The minimum Gasteiger partial charge on any atom is -0.455 e. The van der Waals surface area contributed by atoms with Crippen molar-refractivity contribution >= 4 is 17.7 Å². The Balaban J connectivity index is 1.88. The molecule has 5 nitrogen and oxygen atoms in total. The Morgan fingerprint density at radius 3 is 2.54 bits per heavy atom. The van der Waals surface area contributed by atoms with Crippen molar-refractivity contribution in [3.05, 3.63) is 30.3 Å². The SMILES string of the molecule is COCO[C@H]1CCC[C@]23OC(=O)[C@@](OC)([C@@H](Sc4ccccc4)[C@]12C)C3(C)C. The minimum absolute atomic E-state index is 0.0770. The van der Waals surface area contributed by atoms with Crippen LogP contribution < -0.4 is 0 Å². The number of esters is 1. The Labute approximate surface area is 171 Å². The van der Waals surface area contributed by atoms with Crippen molar-refractivity contribution in [2.24, 2.45) is 10.8 Å². The summed E-state index contributed by atoms with van der Waals surface area (Å²) in [5.74, 6) is -0.238. The molecule has 0 unspecified atom stereocenters. The molecule has 1 spiro atoms. The van der Waals surface area contributed by atoms with Gasteiger partial charge in [-0.05, 0) is 31.4 Å². The maximum atomic E-state index is 13.3. The quantitative estimate of drug-likeness (QED) is 0.525. The van der Waals surface area contributed by atoms with Crippen LogP contribution in [0.4, 0.5) is 0 Å². The lowest BCUT2D eigenvalue weighted by Crippen LogP contribution is -2.64. The molecule has 0 radical (unpaired) electrons. The number of hydrogen-bond acceptors (Lipinski definition) is 6. The largest absolute Gasteiger partial charge is 0.455 e. The fraction of sp³-hybridized carbons (Fsp3) is 0.682. The maximum absolute atomic E-state index is 13.3. The van der Waals surface area contributed by atoms with Crippen LogP contribution in [0.5, 0.6) is 0 Å². The zero-order chi connectivity index (χ0) is 20.2. The van der Waals surface area contributed by atoms with Gasteiger partial charge in [-0.3, -0.25) is 0 Å². The van der Waals surface area contributed by atoms with E-state index in [2.05, 4.69) is 32.9 Å². The van der Waals surface area contributed by atoms with Gasteiger partial charge in [0.2, 0.25) is 0 Å². The zero-order valence-corrected chi connectivity index (χ0v) is 18.1. The molecule has 1 aliphatic heterocycles. The average Bonchev–Trinajstić information content (AvgIpc) is 2.92. The summed E-state index contributed by atoms with van der Waals surface area (Å²) in [6, 6.07) is 10.2. The lowest BCUT2D eigenvalue weighted by Gasteiger charge is -2.55. The molecule has 6 heteroatoms. The van der Waals surface area contributed by atoms with Gasteiger partial charge in [0.05, 0.1) is 11.4 Å². The van der Waals surface area contributed by atoms with Crippen molar-refractivity contribution in [1.82, 2.24) is 0 Å². The van der Waals surface area contributed by atoms with Gasteiger partial charge in [0.1, 0.15) is 12.4 Å². The van der Waals surface area contributed by atoms with Crippen LogP contribution in [-0.2, 0) is 23.7 Å². The van der Waals surface area contributed by atoms with E-state index in [1.165, 1.54) is 0 Å². The summed E-state index contributed by atoms with van der Waals surface area (Å²) in [4.78, 5) is 14.4. The highest BCUT2D eigenvalue weighted by Gasteiger charge is 2.89. The van der Waals surface area contributed by atoms with Gasteiger partial charge >= 0.3 is 5.97 Å². The fourth-order valence-corrected chi connectivity index (χ4v) is 8.19. The van der Waals surface area contributed by atoms with Crippen molar-refractivity contribution in [3.8, 4) is 0 Å². The van der Waals surface area contributed by atoms with Gasteiger partial charge in [0.15, 0.2) is 5.60 Å². The first-order valence-corrected chi connectivity index (χ1v) is 10.8. The molecule has 2 saturated carbocycles. The number of carbonyl (C=O) groups is 1. The summed E-state index contributed by atoms with van der Waals surface area (Å²) >= 11 is 1.71. The average molecular weight is 407 g/mol. The van der Waals surface area contributed by atoms with Crippen molar-refractivity contribution in [1.29, 1.82) is 0 Å². The van der Waals surface area contributed by atoms with Crippen LogP contribution in [0.2, 0.25) is 0 Å². The Morgan fingerprint density at radius 2 is 1.89 bits per heavy atom. The van der Waals surface area contributed by atoms with E-state index in [9.17, 15) is 4.79 Å². The van der Waals surface area contributed by atoms with Crippen molar-refractivity contribution in [2.75, 3.05) is 21.0 Å². The second-order valence-electron chi connectivity index (χ2n) is 8.83. The Hall–Kier alpha value is -1.08. The van der Waals surface area contributed by atoms with Crippen molar-refractivity contribution < 1.29 is 23.7 Å². The predicted molar refractivity (Wildman–Crippen MR) is 107 cm³/mol. The van der Waals surface area contributed by atoms with E-state index in [4.69, 9.17) is 18.9 Å². The minimum atomic E-state index is -1.03. The highest BCUT2D eigenvalue weighted by Crippen LogP contribution is 2.76. The molecular weight excluding hydrogens is 376 g/mol. The molecule has 3 aliphatic rings. The van der Waals surface area contributed by atoms with Crippen molar-refractivity contribution in [2.45, 2.75) is 67.5 Å². The molecule has 3 fully saturated rings. The summed E-state index contributed by atoms with van der Waals surface area (Å²) in [6.07, 6.45) is 2.61. The Morgan fingerprint density at radius 1 is 1.18 bits per heavy atom. The molecule has 2 bridgehead atoms. The van der Waals surface area contributed by atoms with E-state index in [0.717, 1.165) is 24.2 Å². The van der Waals surface area contributed by atoms with Gasteiger partial charge in [0, 0.05) is 29.9 Å². The fourth-order valence-electron chi connectivity index (χ4n) is 6.36. The molecule has 1 aromatic rings. The van der Waals surface area contributed by atoms with Gasteiger partial charge in [-0.1, -0.05) is 39.0 Å². The summed E-state index contributed by atoms with van der Waals surface area (Å²) in [5.41, 5.74) is -2.54. The summed E-state index contributed by atoms with van der Waals surface area (Å²) in [7, 11) is 3.28. The third kappa shape index (κ3) is 2.18. The van der Waals surface area contributed by atoms with E-state index >= 15 is 0 Å². The van der Waals surface area contributed by atoms with Gasteiger partial charge < -0.3 is 18.9 Å². The number of methoxy groups -OCH3 is 2. The van der Waals surface area contributed by atoms with E-state index in [1.54, 1.807) is 26.0 Å². The maximum Gasteiger partial charge on any atom is 0.340 e. The number of rotatable bonds is 6. The molecule has 2 aliphatic carbocycles. The van der Waals surface area contributed by atoms with Crippen LogP contribution in [0.15, 0.2) is 35.2 Å². The highest BCUT2D eigenvalue weighted by atomic mass is 32.2. The standard InChI is InChI=1S/C22H30O5S/c1-19(2)21-13-9-12-16(26-14-24-4)20(21,3)17(22(19,25-5)18(23)27-21)28-15-10-7-6-8-11-15/h6-8,10-11,16-17H,9,12-14H2,1-5H3/t16-,17-,20-,21+,22-/m0/s1. The third-order valence-corrected chi connectivity index (χ3v) is 9.26. The number of hydrogen-bond donors (Lipinski definition) is 0. The lowest BCUT2D eigenvalue weighted by atomic mass is 9.58. The monoisotopic (exact) mass is 406 g/mol. The summed E-state index contributed by atoms with van der Waals surface area (Å²) < 4.78 is 23.8. The summed E-state index contributed by atoms with van der Waals surface area (Å²) in [6.45, 7) is 6.71. The molecule has 0 amide bonds. The molecule has 1 heterocycles. The van der Waals surface area contributed by atoms with Crippen molar-refractivity contribution in [3.63, 3.8) is 0 Å². The van der Waals surface area contributed by atoms with Crippen LogP contribution >= 0.6 is 11.8 Å². The van der Waals surface area contributed by atoms with E-state index < -0.39 is 22.0 Å². The van der Waals surface area contributed by atoms with Crippen LogP contribution in [0.1, 0.15) is 40.0 Å². The first kappa shape index (κ1) is 20.2. The second-order valence-corrected chi connectivity index (χ2v) is 10.0. The van der Waals surface area contributed by atoms with E-state index in [1.807, 2.05) is 18.2 Å². The number of fused-ring (bicyclic) bond motifs is 1. The molecule has 28 heavy (non-hydrogen) atoms. The van der Waals surface area contributed by atoms with Crippen LogP contribution in [0.25, 0.3) is 0 Å². The number of carbonyl (C=O) groups excluding carboxylic acids is 1. The van der Waals surface area contributed by atoms with Crippen LogP contribution in [0, 0.1) is 10.8 Å².